The first-order valence-corrected chi connectivity index (χ1v) is 9.19. The second kappa shape index (κ2) is 8.02. The van der Waals surface area contributed by atoms with Crippen LogP contribution in [-0.2, 0) is 13.1 Å². The second-order valence-corrected chi connectivity index (χ2v) is 6.67. The quantitative estimate of drug-likeness (QED) is 0.570. The first kappa shape index (κ1) is 18.5. The molecule has 1 aromatic carbocycles. The lowest BCUT2D eigenvalue weighted by Gasteiger charge is -2.10. The molecule has 4 rings (SSSR count). The molecule has 0 radical (unpaired) electrons. The van der Waals surface area contributed by atoms with Crippen molar-refractivity contribution < 1.29 is 4.79 Å². The van der Waals surface area contributed by atoms with Gasteiger partial charge < -0.3 is 9.88 Å². The first-order chi connectivity index (χ1) is 14.1. The minimum absolute atomic E-state index is 0.179. The molecule has 0 unspecified atom stereocenters. The van der Waals surface area contributed by atoms with E-state index in [1.54, 1.807) is 48.4 Å². The molecule has 144 valence electrons. The highest BCUT2D eigenvalue weighted by Crippen LogP contribution is 2.14. The molecule has 0 aliphatic rings. The largest absolute Gasteiger partial charge is 0.346 e. The Morgan fingerprint density at radius 2 is 1.97 bits per heavy atom. The maximum absolute atomic E-state index is 13.0. The molecule has 0 saturated carbocycles. The van der Waals surface area contributed by atoms with Gasteiger partial charge in [0.2, 0.25) is 0 Å². The fourth-order valence-corrected chi connectivity index (χ4v) is 3.13. The van der Waals surface area contributed by atoms with E-state index in [1.165, 1.54) is 0 Å². The standard InChI is InChI=1S/C22H19N5O2/c1-15-18(21(28)25-13-17-12-23-8-9-24-17)11-19-20(26-15)7-10-27(22(19)29)14-16-5-3-2-4-6-16/h2-12H,13-14H2,1H3,(H,25,28). The van der Waals surface area contributed by atoms with Gasteiger partial charge in [0, 0.05) is 18.6 Å². The fourth-order valence-electron chi connectivity index (χ4n) is 3.13. The van der Waals surface area contributed by atoms with Crippen molar-refractivity contribution in [3.63, 3.8) is 0 Å². The fraction of sp³-hybridized carbons (Fsp3) is 0.136. The molecule has 1 N–H and O–H groups in total. The zero-order valence-electron chi connectivity index (χ0n) is 15.9. The van der Waals surface area contributed by atoms with Crippen LogP contribution in [0.1, 0.15) is 27.3 Å². The number of benzene rings is 1. The van der Waals surface area contributed by atoms with Crippen LogP contribution in [0.3, 0.4) is 0 Å². The highest BCUT2D eigenvalue weighted by molar-refractivity contribution is 5.98. The van der Waals surface area contributed by atoms with Crippen LogP contribution >= 0.6 is 0 Å². The van der Waals surface area contributed by atoms with Crippen LogP contribution in [0.2, 0.25) is 0 Å². The number of pyridine rings is 2. The molecule has 29 heavy (non-hydrogen) atoms. The number of hydrogen-bond donors (Lipinski definition) is 1. The minimum atomic E-state index is -0.305. The highest BCUT2D eigenvalue weighted by Gasteiger charge is 2.14. The minimum Gasteiger partial charge on any atom is -0.346 e. The third kappa shape index (κ3) is 4.03. The molecule has 3 heterocycles. The third-order valence-electron chi connectivity index (χ3n) is 4.63. The second-order valence-electron chi connectivity index (χ2n) is 6.67. The number of aryl methyl sites for hydroxylation is 1. The smallest absolute Gasteiger partial charge is 0.260 e. The summed E-state index contributed by atoms with van der Waals surface area (Å²) in [7, 11) is 0. The van der Waals surface area contributed by atoms with E-state index in [1.807, 2.05) is 30.3 Å². The Hall–Kier alpha value is -3.87. The van der Waals surface area contributed by atoms with Gasteiger partial charge >= 0.3 is 0 Å². The van der Waals surface area contributed by atoms with E-state index in [4.69, 9.17) is 0 Å². The van der Waals surface area contributed by atoms with E-state index in [-0.39, 0.29) is 18.0 Å². The zero-order valence-corrected chi connectivity index (χ0v) is 15.9. The summed E-state index contributed by atoms with van der Waals surface area (Å²) in [5.41, 5.74) is 3.00. The Morgan fingerprint density at radius 3 is 2.72 bits per heavy atom. The van der Waals surface area contributed by atoms with Gasteiger partial charge in [0.15, 0.2) is 0 Å². The SMILES string of the molecule is Cc1nc2ccn(Cc3ccccc3)c(=O)c2cc1C(=O)NCc1cnccn1. The van der Waals surface area contributed by atoms with Gasteiger partial charge in [-0.15, -0.1) is 0 Å². The number of carbonyl (C=O) groups is 1. The normalized spacial score (nSPS) is 10.8. The Kier molecular flexibility index (Phi) is 5.11. The summed E-state index contributed by atoms with van der Waals surface area (Å²) in [5, 5.41) is 3.22. The Bertz CT molecular complexity index is 1220. The zero-order chi connectivity index (χ0) is 20.2. The molecule has 1 amide bonds. The van der Waals surface area contributed by atoms with Crippen molar-refractivity contribution in [3.8, 4) is 0 Å². The molecule has 0 bridgehead atoms. The van der Waals surface area contributed by atoms with Crippen LogP contribution in [0.15, 0.2) is 72.0 Å². The average molecular weight is 385 g/mol. The van der Waals surface area contributed by atoms with Crippen molar-refractivity contribution >= 4 is 16.8 Å². The molecule has 7 heteroatoms. The van der Waals surface area contributed by atoms with Gasteiger partial charge in [-0.25, -0.2) is 0 Å². The number of nitrogens with one attached hydrogen (secondary N) is 1. The number of fused-ring (bicyclic) bond motifs is 1. The van der Waals surface area contributed by atoms with E-state index in [9.17, 15) is 9.59 Å². The van der Waals surface area contributed by atoms with Crippen molar-refractivity contribution in [2.24, 2.45) is 0 Å². The van der Waals surface area contributed by atoms with Gasteiger partial charge in [-0.2, -0.15) is 0 Å². The molecule has 4 aromatic rings. The van der Waals surface area contributed by atoms with Crippen LogP contribution in [0, 0.1) is 6.92 Å². The van der Waals surface area contributed by atoms with E-state index < -0.39 is 0 Å². The maximum Gasteiger partial charge on any atom is 0.260 e. The molecule has 0 spiro atoms. The summed E-state index contributed by atoms with van der Waals surface area (Å²) in [6, 6.07) is 13.2. The van der Waals surface area contributed by atoms with Crippen LogP contribution in [-0.4, -0.2) is 25.4 Å². The highest BCUT2D eigenvalue weighted by atomic mass is 16.1. The molecule has 7 nitrogen and oxygen atoms in total. The molecule has 3 aromatic heterocycles. The predicted molar refractivity (Wildman–Crippen MR) is 109 cm³/mol. The summed E-state index contributed by atoms with van der Waals surface area (Å²) in [4.78, 5) is 38.2. The summed E-state index contributed by atoms with van der Waals surface area (Å²) in [5.74, 6) is -0.305. The van der Waals surface area contributed by atoms with Crippen molar-refractivity contribution in [2.75, 3.05) is 0 Å². The van der Waals surface area contributed by atoms with Crippen molar-refractivity contribution in [1.82, 2.24) is 24.8 Å². The summed E-state index contributed by atoms with van der Waals surface area (Å²) >= 11 is 0. The summed E-state index contributed by atoms with van der Waals surface area (Å²) in [6.07, 6.45) is 6.47. The van der Waals surface area contributed by atoms with Crippen LogP contribution in [0.5, 0.6) is 0 Å². The van der Waals surface area contributed by atoms with E-state index in [0.717, 1.165) is 5.56 Å². The molecular formula is C22H19N5O2. The van der Waals surface area contributed by atoms with Crippen molar-refractivity contribution in [1.29, 1.82) is 0 Å². The number of nitrogens with zero attached hydrogens (tertiary/aromatic N) is 4. The van der Waals surface area contributed by atoms with Crippen LogP contribution in [0.4, 0.5) is 0 Å². The monoisotopic (exact) mass is 385 g/mol. The summed E-state index contributed by atoms with van der Waals surface area (Å²) < 4.78 is 1.62. The molecule has 0 fully saturated rings. The molecular weight excluding hydrogens is 366 g/mol. The Morgan fingerprint density at radius 1 is 1.14 bits per heavy atom. The number of amides is 1. The lowest BCUT2D eigenvalue weighted by molar-refractivity contribution is 0.0949. The number of hydrogen-bond acceptors (Lipinski definition) is 5. The van der Waals surface area contributed by atoms with Gasteiger partial charge in [0.25, 0.3) is 11.5 Å². The predicted octanol–water partition coefficient (Wildman–Crippen LogP) is 2.47. The van der Waals surface area contributed by atoms with E-state index >= 15 is 0 Å². The Labute approximate surface area is 167 Å². The first-order valence-electron chi connectivity index (χ1n) is 9.19. The number of aromatic nitrogens is 4. The van der Waals surface area contributed by atoms with E-state index in [2.05, 4.69) is 20.3 Å². The number of rotatable bonds is 5. The number of carbonyl (C=O) groups excluding carboxylic acids is 1. The van der Waals surface area contributed by atoms with Crippen molar-refractivity contribution in [2.45, 2.75) is 20.0 Å². The lowest BCUT2D eigenvalue weighted by atomic mass is 10.1. The van der Waals surface area contributed by atoms with Crippen molar-refractivity contribution in [3.05, 3.63) is 100 Å². The molecule has 0 aliphatic heterocycles. The molecule has 0 aliphatic carbocycles. The van der Waals surface area contributed by atoms with Gasteiger partial charge in [0.1, 0.15) is 0 Å². The molecule has 0 saturated heterocycles. The average Bonchev–Trinajstić information content (AvgIpc) is 2.75. The van der Waals surface area contributed by atoms with Gasteiger partial charge in [-0.05, 0) is 24.6 Å². The topological polar surface area (TPSA) is 89.8 Å². The lowest BCUT2D eigenvalue weighted by Crippen LogP contribution is -2.26. The summed E-state index contributed by atoms with van der Waals surface area (Å²) in [6.45, 7) is 2.46. The van der Waals surface area contributed by atoms with Gasteiger partial charge in [0.05, 0.1) is 47.1 Å². The van der Waals surface area contributed by atoms with Gasteiger partial charge in [-0.1, -0.05) is 30.3 Å². The van der Waals surface area contributed by atoms with Crippen LogP contribution < -0.4 is 10.9 Å². The molecule has 0 atom stereocenters. The van der Waals surface area contributed by atoms with E-state index in [0.29, 0.717) is 34.4 Å². The maximum atomic E-state index is 13.0. The third-order valence-corrected chi connectivity index (χ3v) is 4.63. The van der Waals surface area contributed by atoms with Gasteiger partial charge in [-0.3, -0.25) is 24.5 Å². The Balaban J connectivity index is 1.64. The van der Waals surface area contributed by atoms with Crippen LogP contribution in [0.25, 0.3) is 10.9 Å².